The Morgan fingerprint density at radius 2 is 0.933 bits per heavy atom. The Kier molecular flexibility index (Phi) is 41.6. The van der Waals surface area contributed by atoms with E-state index in [1.807, 2.05) is 6.08 Å². The van der Waals surface area contributed by atoms with E-state index in [0.717, 1.165) is 83.5 Å². The van der Waals surface area contributed by atoms with Gasteiger partial charge in [-0.05, 0) is 77.0 Å². The van der Waals surface area contributed by atoms with E-state index in [1.165, 1.54) is 70.6 Å². The molecule has 12 atom stereocenters. The molecule has 2 saturated heterocycles. The first kappa shape index (κ1) is 68.0. The molecule has 430 valence electrons. The monoisotopic (exact) mass is 1060 g/mol. The van der Waals surface area contributed by atoms with E-state index in [1.54, 1.807) is 6.08 Å². The second-order valence-electron chi connectivity index (χ2n) is 20.0. The van der Waals surface area contributed by atoms with E-state index in [2.05, 4.69) is 104 Å². The van der Waals surface area contributed by atoms with Crippen molar-refractivity contribution in [1.82, 2.24) is 5.32 Å². The molecule has 0 aromatic carbocycles. The van der Waals surface area contributed by atoms with Gasteiger partial charge < -0.3 is 65.1 Å². The number of hydrogen-bond donors (Lipinski definition) is 9. The molecule has 75 heavy (non-hydrogen) atoms. The van der Waals surface area contributed by atoms with E-state index in [9.17, 15) is 45.6 Å². The summed E-state index contributed by atoms with van der Waals surface area (Å²) in [6.45, 7) is 2.56. The minimum Gasteiger partial charge on any atom is -0.394 e. The number of carbonyl (C=O) groups is 1. The quantitative estimate of drug-likeness (QED) is 0.0205. The number of nitrogens with one attached hydrogen (secondary N) is 1. The molecule has 0 aliphatic carbocycles. The zero-order chi connectivity index (χ0) is 54.6. The predicted molar refractivity (Wildman–Crippen MR) is 299 cm³/mol. The second-order valence-corrected chi connectivity index (χ2v) is 20.0. The van der Waals surface area contributed by atoms with Crippen molar-refractivity contribution in [3.63, 3.8) is 0 Å². The molecular formula is C61H103NO13. The van der Waals surface area contributed by atoms with Crippen molar-refractivity contribution in [2.75, 3.05) is 19.8 Å². The third kappa shape index (κ3) is 31.8. The Bertz CT molecular complexity index is 1620. The summed E-state index contributed by atoms with van der Waals surface area (Å²) >= 11 is 0. The van der Waals surface area contributed by atoms with Gasteiger partial charge in [-0.25, -0.2) is 0 Å². The first-order valence-electron chi connectivity index (χ1n) is 29.0. The summed E-state index contributed by atoms with van der Waals surface area (Å²) in [4.78, 5) is 13.2. The number of aliphatic hydroxyl groups excluding tert-OH is 8. The topological polar surface area (TPSA) is 228 Å². The van der Waals surface area contributed by atoms with Crippen LogP contribution in [0, 0.1) is 0 Å². The molecule has 2 heterocycles. The molecule has 2 aliphatic heterocycles. The number of rotatable bonds is 44. The maximum atomic E-state index is 13.2. The SMILES string of the molecule is CC/C=C\C/C=C\C/C=C\C/C=C\C/C=C\C/C=C\CCCCCCCCCCCCCCCCC(=O)NC(COC1OC(CO)C(OC2OC(CO)C(O)C(O)C2O)C(O)C1O)C(O)/C=C/CC/C=C/CCCC. The standard InChI is InChI=1S/C61H103NO13/c1-3-5-7-9-11-13-14-15-16-17-18-19-20-21-22-23-24-25-26-27-28-29-30-31-32-33-34-35-36-37-39-41-43-45-53(66)62-49(50(65)44-42-40-38-12-10-8-6-4-2)48-72-60-58(71)56(69)59(52(47-64)74-60)75-61-57(70)55(68)54(67)51(46-63)73-61/h5,7,10-13,15-16,18-19,21-22,24-25,42,44,49-52,54-61,63-65,67-71H,3-4,6,8-9,14,17,20,23,26-41,43,45-48H2,1-2H3,(H,62,66)/b7-5-,12-10+,13-11-,16-15-,19-18-,22-21-,25-24-,44-42+. The van der Waals surface area contributed by atoms with Crippen LogP contribution in [0.1, 0.15) is 187 Å². The van der Waals surface area contributed by atoms with Gasteiger partial charge in [0.15, 0.2) is 12.6 Å². The Morgan fingerprint density at radius 3 is 1.47 bits per heavy atom. The lowest BCUT2D eigenvalue weighted by molar-refractivity contribution is -0.359. The van der Waals surface area contributed by atoms with Crippen LogP contribution >= 0.6 is 0 Å². The van der Waals surface area contributed by atoms with Crippen molar-refractivity contribution < 1.29 is 64.6 Å². The molecule has 0 saturated carbocycles. The second kappa shape index (κ2) is 45.9. The lowest BCUT2D eigenvalue weighted by Crippen LogP contribution is -2.65. The Morgan fingerprint density at radius 1 is 0.493 bits per heavy atom. The maximum Gasteiger partial charge on any atom is 0.220 e. The first-order chi connectivity index (χ1) is 36.6. The normalized spacial score (nSPS) is 25.8. The molecule has 0 aromatic heterocycles. The van der Waals surface area contributed by atoms with Crippen LogP contribution in [0.25, 0.3) is 0 Å². The van der Waals surface area contributed by atoms with Crippen molar-refractivity contribution in [3.05, 3.63) is 97.2 Å². The third-order valence-corrected chi connectivity index (χ3v) is 13.5. The molecule has 12 unspecified atom stereocenters. The van der Waals surface area contributed by atoms with E-state index in [-0.39, 0.29) is 18.9 Å². The van der Waals surface area contributed by atoms with Gasteiger partial charge in [0.1, 0.15) is 48.8 Å². The van der Waals surface area contributed by atoms with Gasteiger partial charge in [-0.2, -0.15) is 0 Å². The highest BCUT2D eigenvalue weighted by molar-refractivity contribution is 5.76. The molecule has 2 fully saturated rings. The molecule has 0 radical (unpaired) electrons. The van der Waals surface area contributed by atoms with Crippen molar-refractivity contribution >= 4 is 5.91 Å². The molecule has 0 aromatic rings. The molecule has 14 heteroatoms. The number of allylic oxidation sites excluding steroid dienone is 15. The summed E-state index contributed by atoms with van der Waals surface area (Å²) in [5.74, 6) is -0.258. The number of aliphatic hydroxyl groups is 8. The molecule has 2 rings (SSSR count). The van der Waals surface area contributed by atoms with Gasteiger partial charge in [0, 0.05) is 6.42 Å². The molecular weight excluding hydrogens is 955 g/mol. The highest BCUT2D eigenvalue weighted by atomic mass is 16.7. The van der Waals surface area contributed by atoms with Gasteiger partial charge in [0.05, 0.1) is 32.0 Å². The van der Waals surface area contributed by atoms with Crippen LogP contribution in [0.5, 0.6) is 0 Å². The molecule has 14 nitrogen and oxygen atoms in total. The molecule has 1 amide bonds. The number of unbranched alkanes of at least 4 members (excludes halogenated alkanes) is 17. The van der Waals surface area contributed by atoms with Gasteiger partial charge in [0.25, 0.3) is 0 Å². The largest absolute Gasteiger partial charge is 0.394 e. The molecule has 2 aliphatic rings. The van der Waals surface area contributed by atoms with Crippen LogP contribution in [-0.4, -0.2) is 140 Å². The highest BCUT2D eigenvalue weighted by Crippen LogP contribution is 2.30. The summed E-state index contributed by atoms with van der Waals surface area (Å²) in [7, 11) is 0. The van der Waals surface area contributed by atoms with Crippen LogP contribution in [0.15, 0.2) is 97.2 Å². The fraction of sp³-hybridized carbons (Fsp3) is 0.721. The lowest BCUT2D eigenvalue weighted by Gasteiger charge is -2.46. The number of ether oxygens (including phenoxy) is 4. The van der Waals surface area contributed by atoms with Crippen LogP contribution in [0.3, 0.4) is 0 Å². The zero-order valence-electron chi connectivity index (χ0n) is 46.0. The van der Waals surface area contributed by atoms with Gasteiger partial charge in [0.2, 0.25) is 5.91 Å². The smallest absolute Gasteiger partial charge is 0.220 e. The Hall–Kier alpha value is -3.09. The van der Waals surface area contributed by atoms with Crippen LogP contribution in [-0.2, 0) is 23.7 Å². The summed E-state index contributed by atoms with van der Waals surface area (Å²) < 4.78 is 22.6. The van der Waals surface area contributed by atoms with Crippen molar-refractivity contribution in [2.45, 2.75) is 261 Å². The minimum absolute atomic E-state index is 0.258. The summed E-state index contributed by atoms with van der Waals surface area (Å²) in [6.07, 6.45) is 46.4. The highest BCUT2D eigenvalue weighted by Gasteiger charge is 2.51. The number of amides is 1. The van der Waals surface area contributed by atoms with E-state index in [0.29, 0.717) is 12.8 Å². The van der Waals surface area contributed by atoms with Crippen LogP contribution in [0.4, 0.5) is 0 Å². The predicted octanol–water partition coefficient (Wildman–Crippen LogP) is 9.49. The Balaban J connectivity index is 1.61. The van der Waals surface area contributed by atoms with Gasteiger partial charge in [-0.1, -0.05) is 201 Å². The average Bonchev–Trinajstić information content (AvgIpc) is 3.41. The average molecular weight is 1060 g/mol. The van der Waals surface area contributed by atoms with Gasteiger partial charge >= 0.3 is 0 Å². The van der Waals surface area contributed by atoms with Crippen molar-refractivity contribution in [1.29, 1.82) is 0 Å². The maximum absolute atomic E-state index is 13.2. The number of hydrogen-bond acceptors (Lipinski definition) is 13. The van der Waals surface area contributed by atoms with Crippen molar-refractivity contribution in [3.8, 4) is 0 Å². The molecule has 0 spiro atoms. The van der Waals surface area contributed by atoms with Gasteiger partial charge in [-0.3, -0.25) is 4.79 Å². The van der Waals surface area contributed by atoms with Crippen LogP contribution in [0.2, 0.25) is 0 Å². The van der Waals surface area contributed by atoms with Crippen molar-refractivity contribution in [2.24, 2.45) is 0 Å². The molecule has 0 bridgehead atoms. The number of carbonyl (C=O) groups excluding carboxylic acids is 1. The lowest BCUT2D eigenvalue weighted by atomic mass is 9.97. The zero-order valence-corrected chi connectivity index (χ0v) is 46.0. The first-order valence-corrected chi connectivity index (χ1v) is 29.0. The van der Waals surface area contributed by atoms with Crippen LogP contribution < -0.4 is 5.32 Å². The summed E-state index contributed by atoms with van der Waals surface area (Å²) in [5, 5.41) is 86.6. The summed E-state index contributed by atoms with van der Waals surface area (Å²) in [6, 6.07) is -0.934. The van der Waals surface area contributed by atoms with E-state index >= 15 is 0 Å². The van der Waals surface area contributed by atoms with E-state index < -0.39 is 86.8 Å². The summed E-state index contributed by atoms with van der Waals surface area (Å²) in [5.41, 5.74) is 0. The molecule has 9 N–H and O–H groups in total. The fourth-order valence-corrected chi connectivity index (χ4v) is 8.82. The minimum atomic E-state index is -1.79. The van der Waals surface area contributed by atoms with Gasteiger partial charge in [-0.15, -0.1) is 0 Å². The fourth-order valence-electron chi connectivity index (χ4n) is 8.82. The van der Waals surface area contributed by atoms with E-state index in [4.69, 9.17) is 18.9 Å². The third-order valence-electron chi connectivity index (χ3n) is 13.5. The Labute approximate surface area is 452 Å².